The Hall–Kier alpha value is -0.720. The molecule has 0 aliphatic heterocycles. The first-order chi connectivity index (χ1) is 13.5. The summed E-state index contributed by atoms with van der Waals surface area (Å²) < 4.78 is 0. The lowest BCUT2D eigenvalue weighted by atomic mass is 10.6. The van der Waals surface area contributed by atoms with Crippen LogP contribution in [0, 0.1) is 0 Å². The fourth-order valence-corrected chi connectivity index (χ4v) is 4.73. The van der Waals surface area contributed by atoms with Gasteiger partial charge in [0.15, 0.2) is 0 Å². The minimum absolute atomic E-state index is 0.00430. The number of thioether (sulfide) groups is 2. The summed E-state index contributed by atoms with van der Waals surface area (Å²) in [5.41, 5.74) is 0. The standard InChI is InChI=1S/C16H30N4O4S4/c1-3-17-13(21)9-25-7-5-19-15(23)11-27-28-12-16(24)20-6-8-26-10-14(22)18-4-2/h3-12H2,1-2H3,(H,17,21)(H,18,22)(H,19,23)(H,20,24). The van der Waals surface area contributed by atoms with Crippen LogP contribution in [-0.4, -0.2) is 84.3 Å². The van der Waals surface area contributed by atoms with Crippen molar-refractivity contribution in [2.24, 2.45) is 0 Å². The Labute approximate surface area is 183 Å². The monoisotopic (exact) mass is 470 g/mol. The smallest absolute Gasteiger partial charge is 0.230 e. The van der Waals surface area contributed by atoms with E-state index in [9.17, 15) is 19.2 Å². The molecule has 0 spiro atoms. The Morgan fingerprint density at radius 1 is 0.571 bits per heavy atom. The van der Waals surface area contributed by atoms with E-state index in [1.165, 1.54) is 45.1 Å². The largest absolute Gasteiger partial charge is 0.356 e. The highest BCUT2D eigenvalue weighted by Crippen LogP contribution is 2.20. The normalized spacial score (nSPS) is 10.2. The van der Waals surface area contributed by atoms with Gasteiger partial charge >= 0.3 is 0 Å². The predicted molar refractivity (Wildman–Crippen MR) is 123 cm³/mol. The van der Waals surface area contributed by atoms with E-state index in [1.54, 1.807) is 0 Å². The first-order valence-electron chi connectivity index (χ1n) is 8.96. The van der Waals surface area contributed by atoms with Gasteiger partial charge in [-0.1, -0.05) is 21.6 Å². The molecule has 4 N–H and O–H groups in total. The van der Waals surface area contributed by atoms with E-state index >= 15 is 0 Å². The maximum atomic E-state index is 11.7. The molecular weight excluding hydrogens is 440 g/mol. The molecule has 0 aromatic carbocycles. The topological polar surface area (TPSA) is 116 Å². The maximum Gasteiger partial charge on any atom is 0.230 e. The Kier molecular flexibility index (Phi) is 19.1. The van der Waals surface area contributed by atoms with Crippen LogP contribution in [0.3, 0.4) is 0 Å². The van der Waals surface area contributed by atoms with Crippen LogP contribution in [0.2, 0.25) is 0 Å². The van der Waals surface area contributed by atoms with Gasteiger partial charge in [0.2, 0.25) is 23.6 Å². The lowest BCUT2D eigenvalue weighted by Gasteiger charge is -2.06. The van der Waals surface area contributed by atoms with Crippen molar-refractivity contribution in [3.63, 3.8) is 0 Å². The molecule has 0 saturated heterocycles. The summed E-state index contributed by atoms with van der Waals surface area (Å²) in [7, 11) is 2.67. The average Bonchev–Trinajstić information content (AvgIpc) is 2.65. The van der Waals surface area contributed by atoms with Crippen LogP contribution in [0.25, 0.3) is 0 Å². The molecule has 0 aliphatic rings. The van der Waals surface area contributed by atoms with Crippen LogP contribution in [0.4, 0.5) is 0 Å². The van der Waals surface area contributed by atoms with E-state index in [0.29, 0.717) is 49.2 Å². The summed E-state index contributed by atoms with van der Waals surface area (Å²) in [6, 6.07) is 0. The van der Waals surface area contributed by atoms with Crippen molar-refractivity contribution in [2.45, 2.75) is 13.8 Å². The summed E-state index contributed by atoms with van der Waals surface area (Å²) >= 11 is 2.95. The molecule has 0 unspecified atom stereocenters. The highest BCUT2D eigenvalue weighted by molar-refractivity contribution is 8.77. The number of rotatable bonds is 17. The molecule has 0 aromatic rings. The van der Waals surface area contributed by atoms with Crippen LogP contribution in [0.5, 0.6) is 0 Å². The third kappa shape index (κ3) is 18.6. The van der Waals surface area contributed by atoms with Gasteiger partial charge in [0.05, 0.1) is 23.0 Å². The predicted octanol–water partition coefficient (Wildman–Crippen LogP) is 0.339. The zero-order chi connectivity index (χ0) is 21.0. The van der Waals surface area contributed by atoms with Crippen molar-refractivity contribution in [2.75, 3.05) is 60.7 Å². The van der Waals surface area contributed by atoms with Gasteiger partial charge in [-0.05, 0) is 13.8 Å². The Bertz CT molecular complexity index is 442. The van der Waals surface area contributed by atoms with E-state index in [2.05, 4.69) is 21.3 Å². The zero-order valence-electron chi connectivity index (χ0n) is 16.3. The Morgan fingerprint density at radius 3 is 1.29 bits per heavy atom. The van der Waals surface area contributed by atoms with E-state index < -0.39 is 0 Å². The van der Waals surface area contributed by atoms with Crippen molar-refractivity contribution >= 4 is 68.7 Å². The molecule has 8 nitrogen and oxygen atoms in total. The van der Waals surface area contributed by atoms with Crippen LogP contribution in [-0.2, 0) is 19.2 Å². The second-order valence-electron chi connectivity index (χ2n) is 5.24. The lowest BCUT2D eigenvalue weighted by Crippen LogP contribution is -2.29. The van der Waals surface area contributed by atoms with Crippen LogP contribution < -0.4 is 21.3 Å². The molecule has 0 aromatic heterocycles. The number of amides is 4. The number of carbonyl (C=O) groups is 4. The molecule has 0 fully saturated rings. The van der Waals surface area contributed by atoms with Gasteiger partial charge in [0, 0.05) is 37.7 Å². The minimum atomic E-state index is -0.0849. The second-order valence-corrected chi connectivity index (χ2v) is 9.91. The van der Waals surface area contributed by atoms with Crippen LogP contribution >= 0.6 is 45.1 Å². The fraction of sp³-hybridized carbons (Fsp3) is 0.750. The SMILES string of the molecule is CCNC(=O)CSCCNC(=O)CSSCC(=O)NCCSCC(=O)NCC. The first-order valence-corrected chi connectivity index (χ1v) is 13.8. The van der Waals surface area contributed by atoms with Gasteiger partial charge < -0.3 is 21.3 Å². The van der Waals surface area contributed by atoms with Gasteiger partial charge in [-0.25, -0.2) is 0 Å². The van der Waals surface area contributed by atoms with Crippen molar-refractivity contribution < 1.29 is 19.2 Å². The molecule has 0 heterocycles. The van der Waals surface area contributed by atoms with Gasteiger partial charge in [0.25, 0.3) is 0 Å². The molecule has 0 rings (SSSR count). The van der Waals surface area contributed by atoms with Crippen LogP contribution in [0.1, 0.15) is 13.8 Å². The summed E-state index contributed by atoms with van der Waals surface area (Å²) in [6.45, 7) is 6.03. The molecule has 0 aliphatic carbocycles. The molecule has 0 saturated carbocycles. The molecule has 0 atom stereocenters. The third-order valence-electron chi connectivity index (χ3n) is 2.81. The summed E-state index contributed by atoms with van der Waals surface area (Å²) in [5, 5.41) is 11.0. The molecule has 162 valence electrons. The van der Waals surface area contributed by atoms with Gasteiger partial charge in [-0.3, -0.25) is 19.2 Å². The highest BCUT2D eigenvalue weighted by Gasteiger charge is 2.06. The molecular formula is C16H30N4O4S4. The summed E-state index contributed by atoms with van der Waals surface area (Å²) in [4.78, 5) is 45.8. The lowest BCUT2D eigenvalue weighted by molar-refractivity contribution is -0.119. The van der Waals surface area contributed by atoms with Crippen molar-refractivity contribution in [1.29, 1.82) is 0 Å². The Balaban J connectivity index is 3.45. The Morgan fingerprint density at radius 2 is 0.929 bits per heavy atom. The summed E-state index contributed by atoms with van der Waals surface area (Å²) in [6.07, 6.45) is 0. The minimum Gasteiger partial charge on any atom is -0.356 e. The highest BCUT2D eigenvalue weighted by atomic mass is 33.1. The molecule has 12 heteroatoms. The van der Waals surface area contributed by atoms with Gasteiger partial charge in [0.1, 0.15) is 0 Å². The van der Waals surface area contributed by atoms with Crippen LogP contribution in [0.15, 0.2) is 0 Å². The first kappa shape index (κ1) is 27.3. The van der Waals surface area contributed by atoms with E-state index in [-0.39, 0.29) is 35.1 Å². The van der Waals surface area contributed by atoms with E-state index in [0.717, 1.165) is 0 Å². The zero-order valence-corrected chi connectivity index (χ0v) is 19.6. The van der Waals surface area contributed by atoms with Gasteiger partial charge in [-0.2, -0.15) is 23.5 Å². The van der Waals surface area contributed by atoms with Crippen molar-refractivity contribution in [3.05, 3.63) is 0 Å². The number of hydrogen-bond acceptors (Lipinski definition) is 8. The molecule has 0 bridgehead atoms. The van der Waals surface area contributed by atoms with E-state index in [4.69, 9.17) is 0 Å². The van der Waals surface area contributed by atoms with Gasteiger partial charge in [-0.15, -0.1) is 0 Å². The number of hydrogen-bond donors (Lipinski definition) is 4. The van der Waals surface area contributed by atoms with Crippen molar-refractivity contribution in [1.82, 2.24) is 21.3 Å². The quantitative estimate of drug-likeness (QED) is 0.178. The maximum absolute atomic E-state index is 11.7. The summed E-state index contributed by atoms with van der Waals surface area (Å²) in [5.74, 6) is 2.55. The van der Waals surface area contributed by atoms with E-state index in [1.807, 2.05) is 13.8 Å². The van der Waals surface area contributed by atoms with Crippen molar-refractivity contribution in [3.8, 4) is 0 Å². The average molecular weight is 471 g/mol. The molecule has 0 radical (unpaired) electrons. The third-order valence-corrected chi connectivity index (χ3v) is 6.87. The fourth-order valence-electron chi connectivity index (χ4n) is 1.64. The molecule has 4 amide bonds. The second kappa shape index (κ2) is 19.6. The number of carbonyl (C=O) groups excluding carboxylic acids is 4. The molecule has 28 heavy (non-hydrogen) atoms. The number of nitrogens with one attached hydrogen (secondary N) is 4.